The number of nitrogens with two attached hydrogens (primary N) is 1. The third kappa shape index (κ3) is 3.68. The molecule has 0 amide bonds. The highest BCUT2D eigenvalue weighted by Gasteiger charge is 2.30. The zero-order valence-electron chi connectivity index (χ0n) is 12.5. The number of halogens is 3. The van der Waals surface area contributed by atoms with Gasteiger partial charge in [-0.15, -0.1) is 13.2 Å². The van der Waals surface area contributed by atoms with Gasteiger partial charge in [-0.2, -0.15) is 0 Å². The van der Waals surface area contributed by atoms with Gasteiger partial charge in [0.2, 0.25) is 0 Å². The van der Waals surface area contributed by atoms with Crippen LogP contribution in [0.2, 0.25) is 0 Å². The molecule has 0 bridgehead atoms. The van der Waals surface area contributed by atoms with Crippen molar-refractivity contribution in [2.75, 3.05) is 5.73 Å². The molecule has 5 heteroatoms. The maximum atomic E-state index is 12.3. The van der Waals surface area contributed by atoms with E-state index in [0.29, 0.717) is 5.69 Å². The van der Waals surface area contributed by atoms with E-state index in [1.807, 2.05) is 42.5 Å². The third-order valence-corrected chi connectivity index (χ3v) is 3.52. The minimum Gasteiger partial charge on any atom is -0.406 e. The molecule has 0 atom stereocenters. The number of rotatable bonds is 3. The average Bonchev–Trinajstić information content (AvgIpc) is 2.54. The molecule has 0 aromatic heterocycles. The van der Waals surface area contributed by atoms with Gasteiger partial charge in [-0.05, 0) is 46.5 Å². The minimum absolute atomic E-state index is 0.243. The smallest absolute Gasteiger partial charge is 0.406 e. The SMILES string of the molecule is Nc1cccc(-c2ccccc2-c2ccc(OC(F)(F)F)cc2)c1. The number of ether oxygens (including phenoxy) is 1. The molecule has 3 aromatic rings. The number of hydrogen-bond donors (Lipinski definition) is 1. The van der Waals surface area contributed by atoms with E-state index in [2.05, 4.69) is 4.74 Å². The van der Waals surface area contributed by atoms with Gasteiger partial charge < -0.3 is 10.5 Å². The Morgan fingerprint density at radius 1 is 0.708 bits per heavy atom. The number of alkyl halides is 3. The van der Waals surface area contributed by atoms with Gasteiger partial charge in [0.1, 0.15) is 5.75 Å². The molecule has 24 heavy (non-hydrogen) atoms. The highest BCUT2D eigenvalue weighted by Crippen LogP contribution is 2.34. The lowest BCUT2D eigenvalue weighted by molar-refractivity contribution is -0.274. The van der Waals surface area contributed by atoms with E-state index in [9.17, 15) is 13.2 Å². The number of anilines is 1. The van der Waals surface area contributed by atoms with Crippen molar-refractivity contribution < 1.29 is 17.9 Å². The zero-order chi connectivity index (χ0) is 17.2. The summed E-state index contributed by atoms with van der Waals surface area (Å²) in [6.07, 6.45) is -4.69. The Kier molecular flexibility index (Phi) is 4.16. The van der Waals surface area contributed by atoms with E-state index in [0.717, 1.165) is 22.3 Å². The molecule has 122 valence electrons. The first-order chi connectivity index (χ1) is 11.4. The summed E-state index contributed by atoms with van der Waals surface area (Å²) < 4.78 is 40.7. The lowest BCUT2D eigenvalue weighted by Gasteiger charge is -2.12. The van der Waals surface area contributed by atoms with Crippen LogP contribution >= 0.6 is 0 Å². The van der Waals surface area contributed by atoms with E-state index in [4.69, 9.17) is 5.73 Å². The average molecular weight is 329 g/mol. The normalized spacial score (nSPS) is 11.3. The van der Waals surface area contributed by atoms with Gasteiger partial charge in [-0.25, -0.2) is 0 Å². The largest absolute Gasteiger partial charge is 0.573 e. The summed E-state index contributed by atoms with van der Waals surface area (Å²) in [5, 5.41) is 0. The van der Waals surface area contributed by atoms with Crippen molar-refractivity contribution in [1.29, 1.82) is 0 Å². The highest BCUT2D eigenvalue weighted by atomic mass is 19.4. The van der Waals surface area contributed by atoms with Gasteiger partial charge in [-0.1, -0.05) is 48.5 Å². The van der Waals surface area contributed by atoms with Gasteiger partial charge in [0, 0.05) is 5.69 Å². The fourth-order valence-electron chi connectivity index (χ4n) is 2.53. The van der Waals surface area contributed by atoms with Gasteiger partial charge in [0.15, 0.2) is 0 Å². The molecule has 3 rings (SSSR count). The van der Waals surface area contributed by atoms with E-state index in [1.165, 1.54) is 12.1 Å². The Balaban J connectivity index is 1.99. The summed E-state index contributed by atoms with van der Waals surface area (Å²) in [5.41, 5.74) is 10.1. The van der Waals surface area contributed by atoms with Crippen LogP contribution in [0.5, 0.6) is 5.75 Å². The first-order valence-corrected chi connectivity index (χ1v) is 7.23. The molecule has 0 aliphatic heterocycles. The fourth-order valence-corrected chi connectivity index (χ4v) is 2.53. The molecular weight excluding hydrogens is 315 g/mol. The molecule has 2 N–H and O–H groups in total. The minimum atomic E-state index is -4.69. The van der Waals surface area contributed by atoms with Crippen LogP contribution in [0.4, 0.5) is 18.9 Å². The van der Waals surface area contributed by atoms with Crippen molar-refractivity contribution in [3.63, 3.8) is 0 Å². The summed E-state index contributed by atoms with van der Waals surface area (Å²) in [4.78, 5) is 0. The lowest BCUT2D eigenvalue weighted by Crippen LogP contribution is -2.16. The number of nitrogen functional groups attached to an aromatic ring is 1. The second kappa shape index (κ2) is 6.28. The van der Waals surface area contributed by atoms with E-state index in [1.54, 1.807) is 18.2 Å². The molecule has 2 nitrogen and oxygen atoms in total. The third-order valence-electron chi connectivity index (χ3n) is 3.52. The Morgan fingerprint density at radius 3 is 1.92 bits per heavy atom. The summed E-state index contributed by atoms with van der Waals surface area (Å²) in [6, 6.07) is 20.9. The van der Waals surface area contributed by atoms with Crippen molar-refractivity contribution in [2.45, 2.75) is 6.36 Å². The summed E-state index contributed by atoms with van der Waals surface area (Å²) in [7, 11) is 0. The standard InChI is InChI=1S/C19H14F3NO/c20-19(21,22)24-16-10-8-13(9-11-16)17-6-1-2-7-18(17)14-4-3-5-15(23)12-14/h1-12H,23H2. The van der Waals surface area contributed by atoms with E-state index in [-0.39, 0.29) is 5.75 Å². The monoisotopic (exact) mass is 329 g/mol. The summed E-state index contributed by atoms with van der Waals surface area (Å²) in [6.45, 7) is 0. The Morgan fingerprint density at radius 2 is 1.33 bits per heavy atom. The van der Waals surface area contributed by atoms with Crippen molar-refractivity contribution in [3.8, 4) is 28.0 Å². The van der Waals surface area contributed by atoms with Crippen LogP contribution in [0.3, 0.4) is 0 Å². The first-order valence-electron chi connectivity index (χ1n) is 7.23. The van der Waals surface area contributed by atoms with Crippen LogP contribution in [0, 0.1) is 0 Å². The van der Waals surface area contributed by atoms with Crippen LogP contribution in [0.1, 0.15) is 0 Å². The first kappa shape index (κ1) is 15.9. The maximum Gasteiger partial charge on any atom is 0.573 e. The van der Waals surface area contributed by atoms with Crippen LogP contribution in [0.25, 0.3) is 22.3 Å². The maximum absolute atomic E-state index is 12.3. The van der Waals surface area contributed by atoms with Gasteiger partial charge in [0.05, 0.1) is 0 Å². The van der Waals surface area contributed by atoms with Crippen molar-refractivity contribution in [3.05, 3.63) is 72.8 Å². The molecule has 0 spiro atoms. The highest BCUT2D eigenvalue weighted by molar-refractivity contribution is 5.84. The molecule has 0 aliphatic rings. The van der Waals surface area contributed by atoms with Crippen LogP contribution in [0.15, 0.2) is 72.8 Å². The molecule has 0 unspecified atom stereocenters. The van der Waals surface area contributed by atoms with Crippen LogP contribution < -0.4 is 10.5 Å². The summed E-state index contributed by atoms with van der Waals surface area (Å²) in [5.74, 6) is -0.243. The molecule has 0 saturated carbocycles. The van der Waals surface area contributed by atoms with E-state index >= 15 is 0 Å². The van der Waals surface area contributed by atoms with Crippen LogP contribution in [-0.4, -0.2) is 6.36 Å². The zero-order valence-corrected chi connectivity index (χ0v) is 12.5. The fraction of sp³-hybridized carbons (Fsp3) is 0.0526. The molecule has 0 fully saturated rings. The lowest BCUT2D eigenvalue weighted by atomic mass is 9.94. The Hall–Kier alpha value is -2.95. The van der Waals surface area contributed by atoms with Gasteiger partial charge in [0.25, 0.3) is 0 Å². The molecule has 0 radical (unpaired) electrons. The molecular formula is C19H14F3NO. The van der Waals surface area contributed by atoms with Crippen molar-refractivity contribution in [2.24, 2.45) is 0 Å². The van der Waals surface area contributed by atoms with E-state index < -0.39 is 6.36 Å². The quantitative estimate of drug-likeness (QED) is 0.644. The number of benzene rings is 3. The van der Waals surface area contributed by atoms with Crippen LogP contribution in [-0.2, 0) is 0 Å². The second-order valence-corrected chi connectivity index (χ2v) is 5.24. The number of hydrogen-bond acceptors (Lipinski definition) is 2. The molecule has 3 aromatic carbocycles. The predicted octanol–water partition coefficient (Wildman–Crippen LogP) is 5.50. The van der Waals surface area contributed by atoms with Crippen molar-refractivity contribution in [1.82, 2.24) is 0 Å². The van der Waals surface area contributed by atoms with Gasteiger partial charge in [-0.3, -0.25) is 0 Å². The van der Waals surface area contributed by atoms with Gasteiger partial charge >= 0.3 is 6.36 Å². The molecule has 0 aliphatic carbocycles. The summed E-state index contributed by atoms with van der Waals surface area (Å²) >= 11 is 0. The Labute approximate surface area is 137 Å². The topological polar surface area (TPSA) is 35.2 Å². The van der Waals surface area contributed by atoms with Crippen molar-refractivity contribution >= 4 is 5.69 Å². The second-order valence-electron chi connectivity index (χ2n) is 5.24. The Bertz CT molecular complexity index is 842. The molecule has 0 saturated heterocycles. The molecule has 0 heterocycles. The predicted molar refractivity (Wildman–Crippen MR) is 88.4 cm³/mol.